The minimum absolute atomic E-state index is 0.101. The minimum atomic E-state index is -0.692. The van der Waals surface area contributed by atoms with Crippen molar-refractivity contribution in [1.29, 1.82) is 0 Å². The Hall–Kier alpha value is -3.00. The molecule has 0 spiro atoms. The largest absolute Gasteiger partial charge is 0.351 e. The molecule has 0 aliphatic carbocycles. The molecule has 3 amide bonds. The van der Waals surface area contributed by atoms with Crippen molar-refractivity contribution in [2.75, 3.05) is 19.6 Å². The first-order chi connectivity index (χ1) is 14.5. The maximum atomic E-state index is 13.1. The molecule has 1 fully saturated rings. The van der Waals surface area contributed by atoms with Crippen molar-refractivity contribution in [3.8, 4) is 0 Å². The van der Waals surface area contributed by atoms with E-state index in [4.69, 9.17) is 0 Å². The zero-order chi connectivity index (χ0) is 21.5. The summed E-state index contributed by atoms with van der Waals surface area (Å²) >= 11 is 1.31. The molecule has 158 valence electrons. The summed E-state index contributed by atoms with van der Waals surface area (Å²) in [6.45, 7) is 4.83. The molecule has 1 aromatic carbocycles. The molecule has 1 saturated heterocycles. The second-order valence-corrected chi connectivity index (χ2v) is 8.05. The monoisotopic (exact) mass is 429 g/mol. The number of carbonyl (C=O) groups is 3. The van der Waals surface area contributed by atoms with Gasteiger partial charge in [0.25, 0.3) is 11.8 Å². The van der Waals surface area contributed by atoms with Crippen molar-refractivity contribution in [1.82, 2.24) is 15.5 Å². The number of nitrogens with zero attached hydrogens (tertiary/aromatic N) is 1. The highest BCUT2D eigenvalue weighted by Crippen LogP contribution is 2.23. The van der Waals surface area contributed by atoms with Gasteiger partial charge in [0, 0.05) is 25.2 Å². The van der Waals surface area contributed by atoms with Crippen LogP contribution in [0.4, 0.5) is 4.39 Å². The van der Waals surface area contributed by atoms with Crippen molar-refractivity contribution >= 4 is 29.1 Å². The predicted molar refractivity (Wildman–Crippen MR) is 114 cm³/mol. The highest BCUT2D eigenvalue weighted by molar-refractivity contribution is 7.12. The molecule has 2 aromatic rings. The summed E-state index contributed by atoms with van der Waals surface area (Å²) in [5.41, 5.74) is 0.432. The van der Waals surface area contributed by atoms with E-state index in [1.54, 1.807) is 28.5 Å². The number of rotatable bonds is 7. The Morgan fingerprint density at radius 1 is 1.20 bits per heavy atom. The quantitative estimate of drug-likeness (QED) is 0.665. The van der Waals surface area contributed by atoms with Gasteiger partial charge in [-0.25, -0.2) is 4.39 Å². The van der Waals surface area contributed by atoms with Gasteiger partial charge in [-0.1, -0.05) is 12.1 Å². The van der Waals surface area contributed by atoms with Crippen molar-refractivity contribution in [3.63, 3.8) is 0 Å². The van der Waals surface area contributed by atoms with Crippen molar-refractivity contribution in [2.24, 2.45) is 5.92 Å². The van der Waals surface area contributed by atoms with Crippen LogP contribution in [0, 0.1) is 11.7 Å². The number of likely N-dealkylation sites (tertiary alicyclic amines) is 1. The van der Waals surface area contributed by atoms with Gasteiger partial charge in [-0.05, 0) is 54.5 Å². The highest BCUT2D eigenvalue weighted by Gasteiger charge is 2.34. The fraction of sp³-hybridized carbons (Fsp3) is 0.318. The lowest BCUT2D eigenvalue weighted by atomic mass is 9.88. The maximum absolute atomic E-state index is 13.1. The van der Waals surface area contributed by atoms with E-state index in [-0.39, 0.29) is 29.5 Å². The van der Waals surface area contributed by atoms with E-state index in [1.165, 1.54) is 35.6 Å². The van der Waals surface area contributed by atoms with Gasteiger partial charge in [-0.15, -0.1) is 17.9 Å². The van der Waals surface area contributed by atoms with Crippen LogP contribution in [0.1, 0.15) is 32.9 Å². The first-order valence-corrected chi connectivity index (χ1v) is 10.7. The molecule has 1 atom stereocenters. The van der Waals surface area contributed by atoms with Crippen LogP contribution in [0.2, 0.25) is 0 Å². The third-order valence-corrected chi connectivity index (χ3v) is 5.99. The number of amides is 3. The summed E-state index contributed by atoms with van der Waals surface area (Å²) < 4.78 is 13.1. The summed E-state index contributed by atoms with van der Waals surface area (Å²) in [5, 5.41) is 7.43. The molecule has 8 heteroatoms. The van der Waals surface area contributed by atoms with Crippen molar-refractivity contribution in [2.45, 2.75) is 18.9 Å². The van der Waals surface area contributed by atoms with E-state index in [2.05, 4.69) is 17.2 Å². The average molecular weight is 430 g/mol. The van der Waals surface area contributed by atoms with Crippen LogP contribution in [0.25, 0.3) is 0 Å². The maximum Gasteiger partial charge on any atom is 0.262 e. The SMILES string of the molecule is C=CCNC(=O)C(NC(=O)c1cccs1)C1CCN(C(=O)c2ccc(F)cc2)CC1. The summed E-state index contributed by atoms with van der Waals surface area (Å²) in [6.07, 6.45) is 2.73. The average Bonchev–Trinajstić information content (AvgIpc) is 3.31. The van der Waals surface area contributed by atoms with E-state index >= 15 is 0 Å². The zero-order valence-electron chi connectivity index (χ0n) is 16.5. The zero-order valence-corrected chi connectivity index (χ0v) is 17.3. The Balaban J connectivity index is 1.65. The van der Waals surface area contributed by atoms with E-state index in [0.717, 1.165) is 0 Å². The molecule has 0 bridgehead atoms. The molecule has 0 saturated carbocycles. The van der Waals surface area contributed by atoms with E-state index in [9.17, 15) is 18.8 Å². The van der Waals surface area contributed by atoms with E-state index in [0.29, 0.717) is 42.9 Å². The van der Waals surface area contributed by atoms with Crippen LogP contribution in [0.5, 0.6) is 0 Å². The second kappa shape index (κ2) is 10.2. The molecule has 1 aliphatic rings. The summed E-state index contributed by atoms with van der Waals surface area (Å²) in [7, 11) is 0. The fourth-order valence-electron chi connectivity index (χ4n) is 3.51. The number of benzene rings is 1. The first kappa shape index (κ1) is 21.7. The first-order valence-electron chi connectivity index (χ1n) is 9.77. The summed E-state index contributed by atoms with van der Waals surface area (Å²) in [6, 6.07) is 8.27. The van der Waals surface area contributed by atoms with Crippen LogP contribution < -0.4 is 10.6 Å². The van der Waals surface area contributed by atoms with Gasteiger partial charge in [0.15, 0.2) is 0 Å². The number of hydrogen-bond donors (Lipinski definition) is 2. The molecule has 3 rings (SSSR count). The number of nitrogens with one attached hydrogen (secondary N) is 2. The van der Waals surface area contributed by atoms with Gasteiger partial charge in [0.05, 0.1) is 4.88 Å². The normalized spacial score (nSPS) is 15.3. The Kier molecular flexibility index (Phi) is 7.35. The Labute approximate surface area is 178 Å². The molecular weight excluding hydrogens is 405 g/mol. The van der Waals surface area contributed by atoms with Crippen molar-refractivity contribution < 1.29 is 18.8 Å². The van der Waals surface area contributed by atoms with Gasteiger partial charge in [-0.2, -0.15) is 0 Å². The third-order valence-electron chi connectivity index (χ3n) is 5.12. The molecule has 1 aromatic heterocycles. The molecule has 0 radical (unpaired) electrons. The highest BCUT2D eigenvalue weighted by atomic mass is 32.1. The van der Waals surface area contributed by atoms with E-state index in [1.807, 2.05) is 0 Å². The van der Waals surface area contributed by atoms with Crippen molar-refractivity contribution in [3.05, 3.63) is 70.7 Å². The third kappa shape index (κ3) is 5.33. The number of halogens is 1. The molecule has 1 unspecified atom stereocenters. The summed E-state index contributed by atoms with van der Waals surface area (Å²) in [4.78, 5) is 40.1. The Bertz CT molecular complexity index is 891. The minimum Gasteiger partial charge on any atom is -0.351 e. The predicted octanol–water partition coefficient (Wildman–Crippen LogP) is 2.84. The topological polar surface area (TPSA) is 78.5 Å². The molecule has 2 heterocycles. The molecule has 6 nitrogen and oxygen atoms in total. The molecular formula is C22H24FN3O3S. The van der Waals surface area contributed by atoms with Crippen LogP contribution in [-0.2, 0) is 4.79 Å². The smallest absolute Gasteiger partial charge is 0.262 e. The van der Waals surface area contributed by atoms with Gasteiger partial charge < -0.3 is 15.5 Å². The summed E-state index contributed by atoms with van der Waals surface area (Å²) in [5.74, 6) is -1.20. The number of thiophene rings is 1. The second-order valence-electron chi connectivity index (χ2n) is 7.10. The van der Waals surface area contributed by atoms with Crippen LogP contribution in [0.15, 0.2) is 54.4 Å². The lowest BCUT2D eigenvalue weighted by Crippen LogP contribution is -2.53. The van der Waals surface area contributed by atoms with Crippen LogP contribution in [0.3, 0.4) is 0 Å². The van der Waals surface area contributed by atoms with Gasteiger partial charge in [0.2, 0.25) is 5.91 Å². The fourth-order valence-corrected chi connectivity index (χ4v) is 4.14. The van der Waals surface area contributed by atoms with Gasteiger partial charge in [-0.3, -0.25) is 14.4 Å². The lowest BCUT2D eigenvalue weighted by molar-refractivity contribution is -0.124. The molecule has 30 heavy (non-hydrogen) atoms. The lowest BCUT2D eigenvalue weighted by Gasteiger charge is -2.35. The number of piperidine rings is 1. The Morgan fingerprint density at radius 3 is 2.50 bits per heavy atom. The van der Waals surface area contributed by atoms with Crippen LogP contribution >= 0.6 is 11.3 Å². The number of carbonyl (C=O) groups excluding carboxylic acids is 3. The van der Waals surface area contributed by atoms with Gasteiger partial charge >= 0.3 is 0 Å². The molecule has 1 aliphatic heterocycles. The standard InChI is InChI=1S/C22H24FN3O3S/c1-2-11-24-21(28)19(25-20(27)18-4-3-14-30-18)15-9-12-26(13-10-15)22(29)16-5-7-17(23)8-6-16/h2-8,14-15,19H,1,9-13H2,(H,24,28)(H,25,27). The molecule has 2 N–H and O–H groups in total. The Morgan fingerprint density at radius 2 is 1.90 bits per heavy atom. The van der Waals surface area contributed by atoms with Crippen LogP contribution in [-0.4, -0.2) is 48.3 Å². The number of hydrogen-bond acceptors (Lipinski definition) is 4. The van der Waals surface area contributed by atoms with Gasteiger partial charge in [0.1, 0.15) is 11.9 Å². The van der Waals surface area contributed by atoms with E-state index < -0.39 is 6.04 Å².